The van der Waals surface area contributed by atoms with Gasteiger partial charge in [0.25, 0.3) is 0 Å². The first-order valence-electron chi connectivity index (χ1n) is 4.46. The summed E-state index contributed by atoms with van der Waals surface area (Å²) in [6, 6.07) is 2.89. The lowest BCUT2D eigenvalue weighted by Crippen LogP contribution is -1.93. The minimum absolute atomic E-state index is 0.00806. The quantitative estimate of drug-likeness (QED) is 0.675. The highest BCUT2D eigenvalue weighted by Crippen LogP contribution is 2.29. The molecule has 0 aliphatic carbocycles. The summed E-state index contributed by atoms with van der Waals surface area (Å²) in [5.41, 5.74) is 0.779. The Kier molecular flexibility index (Phi) is 2.02. The predicted octanol–water partition coefficient (Wildman–Crippen LogP) is 3.83. The fourth-order valence-corrected chi connectivity index (χ4v) is 1.57. The van der Waals surface area contributed by atoms with Gasteiger partial charge in [-0.3, -0.25) is 0 Å². The molecule has 0 atom stereocenters. The SMILES string of the molecule is CC(C)c1cc(F)c(F)c2occc12. The molecule has 0 spiro atoms. The highest BCUT2D eigenvalue weighted by Gasteiger charge is 2.16. The number of fused-ring (bicyclic) bond motifs is 1. The van der Waals surface area contributed by atoms with Crippen LogP contribution in [-0.4, -0.2) is 0 Å². The van der Waals surface area contributed by atoms with Gasteiger partial charge in [-0.15, -0.1) is 0 Å². The van der Waals surface area contributed by atoms with Crippen LogP contribution in [0, 0.1) is 11.6 Å². The van der Waals surface area contributed by atoms with Crippen LogP contribution < -0.4 is 0 Å². The van der Waals surface area contributed by atoms with E-state index in [4.69, 9.17) is 4.42 Å². The van der Waals surface area contributed by atoms with Crippen molar-refractivity contribution in [1.29, 1.82) is 0 Å². The zero-order valence-electron chi connectivity index (χ0n) is 7.97. The van der Waals surface area contributed by atoms with E-state index in [1.807, 2.05) is 13.8 Å². The molecule has 0 unspecified atom stereocenters. The zero-order chi connectivity index (χ0) is 10.3. The summed E-state index contributed by atoms with van der Waals surface area (Å²) in [4.78, 5) is 0. The van der Waals surface area contributed by atoms with Crippen molar-refractivity contribution in [1.82, 2.24) is 0 Å². The molecule has 0 N–H and O–H groups in total. The highest BCUT2D eigenvalue weighted by molar-refractivity contribution is 5.82. The van der Waals surface area contributed by atoms with Crippen molar-refractivity contribution in [2.75, 3.05) is 0 Å². The van der Waals surface area contributed by atoms with Crippen molar-refractivity contribution in [2.24, 2.45) is 0 Å². The molecular weight excluding hydrogens is 186 g/mol. The first-order chi connectivity index (χ1) is 6.61. The number of hydrogen-bond donors (Lipinski definition) is 0. The fraction of sp³-hybridized carbons (Fsp3) is 0.273. The van der Waals surface area contributed by atoms with E-state index < -0.39 is 11.6 Å². The van der Waals surface area contributed by atoms with Gasteiger partial charge in [0.1, 0.15) is 0 Å². The normalized spacial score (nSPS) is 11.5. The molecule has 0 aliphatic heterocycles. The van der Waals surface area contributed by atoms with Crippen LogP contribution in [0.4, 0.5) is 8.78 Å². The second kappa shape index (κ2) is 3.08. The van der Waals surface area contributed by atoms with Gasteiger partial charge >= 0.3 is 0 Å². The summed E-state index contributed by atoms with van der Waals surface area (Å²) in [6.07, 6.45) is 1.37. The highest BCUT2D eigenvalue weighted by atomic mass is 19.2. The van der Waals surface area contributed by atoms with Crippen molar-refractivity contribution in [3.05, 3.63) is 35.6 Å². The Morgan fingerprint density at radius 2 is 2.00 bits per heavy atom. The molecule has 0 fully saturated rings. The van der Waals surface area contributed by atoms with Gasteiger partial charge < -0.3 is 4.42 Å². The van der Waals surface area contributed by atoms with Crippen molar-refractivity contribution < 1.29 is 13.2 Å². The van der Waals surface area contributed by atoms with Crippen LogP contribution in [0.1, 0.15) is 25.3 Å². The topological polar surface area (TPSA) is 13.1 Å². The Morgan fingerprint density at radius 1 is 1.29 bits per heavy atom. The van der Waals surface area contributed by atoms with Crippen molar-refractivity contribution in [3.8, 4) is 0 Å². The smallest absolute Gasteiger partial charge is 0.201 e. The van der Waals surface area contributed by atoms with Gasteiger partial charge in [0.2, 0.25) is 5.82 Å². The van der Waals surface area contributed by atoms with E-state index in [0.717, 1.165) is 5.56 Å². The average molecular weight is 196 g/mol. The van der Waals surface area contributed by atoms with Crippen LogP contribution in [-0.2, 0) is 0 Å². The van der Waals surface area contributed by atoms with Gasteiger partial charge in [-0.05, 0) is 23.6 Å². The lowest BCUT2D eigenvalue weighted by atomic mass is 9.99. The summed E-state index contributed by atoms with van der Waals surface area (Å²) in [5, 5.41) is 0.652. The van der Waals surface area contributed by atoms with Crippen LogP contribution in [0.25, 0.3) is 11.0 Å². The van der Waals surface area contributed by atoms with Gasteiger partial charge in [0.05, 0.1) is 6.26 Å². The summed E-state index contributed by atoms with van der Waals surface area (Å²) < 4.78 is 31.2. The largest absolute Gasteiger partial charge is 0.461 e. The Labute approximate surface area is 80.3 Å². The molecule has 0 amide bonds. The lowest BCUT2D eigenvalue weighted by Gasteiger charge is -2.07. The van der Waals surface area contributed by atoms with Gasteiger partial charge in [0.15, 0.2) is 11.4 Å². The van der Waals surface area contributed by atoms with E-state index in [2.05, 4.69) is 0 Å². The molecule has 1 nitrogen and oxygen atoms in total. The maximum absolute atomic E-state index is 13.2. The van der Waals surface area contributed by atoms with E-state index in [1.165, 1.54) is 12.3 Å². The van der Waals surface area contributed by atoms with E-state index in [9.17, 15) is 8.78 Å². The summed E-state index contributed by atoms with van der Waals surface area (Å²) in [5.74, 6) is -1.62. The molecule has 1 aromatic carbocycles. The molecule has 0 bridgehead atoms. The third-order valence-electron chi connectivity index (χ3n) is 2.29. The second-order valence-corrected chi connectivity index (χ2v) is 3.58. The fourth-order valence-electron chi connectivity index (χ4n) is 1.57. The number of hydrogen-bond acceptors (Lipinski definition) is 1. The van der Waals surface area contributed by atoms with E-state index in [-0.39, 0.29) is 11.5 Å². The molecule has 0 radical (unpaired) electrons. The molecular formula is C11H10F2O. The summed E-state index contributed by atoms with van der Waals surface area (Å²) in [6.45, 7) is 3.86. The lowest BCUT2D eigenvalue weighted by molar-refractivity contribution is 0.490. The number of halogens is 2. The zero-order valence-corrected chi connectivity index (χ0v) is 7.97. The maximum atomic E-state index is 13.2. The van der Waals surface area contributed by atoms with Gasteiger partial charge in [-0.2, -0.15) is 4.39 Å². The molecule has 2 rings (SSSR count). The summed E-state index contributed by atoms with van der Waals surface area (Å²) >= 11 is 0. The minimum Gasteiger partial charge on any atom is -0.461 e. The molecule has 3 heteroatoms. The molecule has 1 aromatic heterocycles. The van der Waals surface area contributed by atoms with Crippen LogP contribution in [0.2, 0.25) is 0 Å². The Hall–Kier alpha value is -1.38. The van der Waals surface area contributed by atoms with Gasteiger partial charge in [-0.1, -0.05) is 13.8 Å². The van der Waals surface area contributed by atoms with E-state index >= 15 is 0 Å². The molecule has 14 heavy (non-hydrogen) atoms. The first-order valence-corrected chi connectivity index (χ1v) is 4.46. The Morgan fingerprint density at radius 3 is 2.64 bits per heavy atom. The molecule has 1 heterocycles. The van der Waals surface area contributed by atoms with Gasteiger partial charge in [-0.25, -0.2) is 4.39 Å². The average Bonchev–Trinajstić information content (AvgIpc) is 2.59. The number of rotatable bonds is 1. The van der Waals surface area contributed by atoms with Gasteiger partial charge in [0, 0.05) is 5.39 Å². The van der Waals surface area contributed by atoms with E-state index in [1.54, 1.807) is 6.07 Å². The van der Waals surface area contributed by atoms with Crippen LogP contribution >= 0.6 is 0 Å². The summed E-state index contributed by atoms with van der Waals surface area (Å²) in [7, 11) is 0. The Bertz CT molecular complexity index is 471. The molecule has 2 aromatic rings. The van der Waals surface area contributed by atoms with Crippen LogP contribution in [0.5, 0.6) is 0 Å². The first kappa shape index (κ1) is 9.19. The second-order valence-electron chi connectivity index (χ2n) is 3.58. The molecule has 0 saturated carbocycles. The van der Waals surface area contributed by atoms with Crippen molar-refractivity contribution in [3.63, 3.8) is 0 Å². The standard InChI is InChI=1S/C11H10F2O/c1-6(2)8-5-9(12)10(13)11-7(8)3-4-14-11/h3-6H,1-2H3. The third-order valence-corrected chi connectivity index (χ3v) is 2.29. The van der Waals surface area contributed by atoms with Crippen LogP contribution in [0.15, 0.2) is 22.8 Å². The van der Waals surface area contributed by atoms with Crippen LogP contribution in [0.3, 0.4) is 0 Å². The predicted molar refractivity (Wildman–Crippen MR) is 50.2 cm³/mol. The maximum Gasteiger partial charge on any atom is 0.201 e. The molecule has 0 aliphatic rings. The van der Waals surface area contributed by atoms with E-state index in [0.29, 0.717) is 5.39 Å². The monoisotopic (exact) mass is 196 g/mol. The third kappa shape index (κ3) is 1.20. The number of furan rings is 1. The minimum atomic E-state index is -0.908. The molecule has 0 saturated heterocycles. The van der Waals surface area contributed by atoms with Crippen molar-refractivity contribution in [2.45, 2.75) is 19.8 Å². The Balaban J connectivity index is 2.84. The molecule has 74 valence electrons. The number of benzene rings is 1. The van der Waals surface area contributed by atoms with Crippen molar-refractivity contribution >= 4 is 11.0 Å².